The predicted octanol–water partition coefficient (Wildman–Crippen LogP) is 4.52. The molecule has 2 aromatic carbocycles. The van der Waals surface area contributed by atoms with Gasteiger partial charge in [0.05, 0.1) is 56.4 Å². The number of fused-ring (bicyclic) bond motifs is 4. The van der Waals surface area contributed by atoms with Crippen LogP contribution in [0.25, 0.3) is 5.57 Å². The number of hydrogen-bond acceptors (Lipinski definition) is 14. The van der Waals surface area contributed by atoms with Crippen LogP contribution in [0, 0.1) is 13.8 Å². The summed E-state index contributed by atoms with van der Waals surface area (Å²) in [7, 11) is 4.56. The molecule has 0 bridgehead atoms. The number of imide groups is 1. The molecule has 0 atom stereocenters. The number of carbonyl (C=O) groups is 7. The summed E-state index contributed by atoms with van der Waals surface area (Å²) in [6.45, 7) is 6.48. The van der Waals surface area contributed by atoms with Crippen LogP contribution in [-0.2, 0) is 42.9 Å². The first-order chi connectivity index (χ1) is 24.6. The molecule has 0 fully saturated rings. The molecule has 16 heteroatoms. The minimum Gasteiger partial charge on any atom is -0.466 e. The number of esters is 4. The fraction of sp³-hybridized carbons (Fsp3) is 0.306. The van der Waals surface area contributed by atoms with E-state index in [-0.39, 0.29) is 31.4 Å². The van der Waals surface area contributed by atoms with Gasteiger partial charge < -0.3 is 18.9 Å². The van der Waals surface area contributed by atoms with Gasteiger partial charge in [0.1, 0.15) is 25.3 Å². The van der Waals surface area contributed by atoms with Crippen LogP contribution in [0.5, 0.6) is 0 Å². The Bertz CT molecular complexity index is 2090. The molecule has 4 heterocycles. The monoisotopic (exact) mass is 764 g/mol. The van der Waals surface area contributed by atoms with Gasteiger partial charge in [-0.25, -0.2) is 19.2 Å². The summed E-state index contributed by atoms with van der Waals surface area (Å²) in [4.78, 5) is 97.8. The number of hydrogen-bond donors (Lipinski definition) is 0. The predicted molar refractivity (Wildman–Crippen MR) is 194 cm³/mol. The lowest BCUT2D eigenvalue weighted by atomic mass is 9.81. The van der Waals surface area contributed by atoms with E-state index in [1.165, 1.54) is 17.0 Å². The van der Waals surface area contributed by atoms with Crippen molar-refractivity contribution in [2.75, 3.05) is 39.9 Å². The van der Waals surface area contributed by atoms with Crippen molar-refractivity contribution < 1.29 is 52.5 Å². The third kappa shape index (κ3) is 5.37. The summed E-state index contributed by atoms with van der Waals surface area (Å²) in [5, 5.41) is 0. The van der Waals surface area contributed by atoms with Crippen LogP contribution in [0.2, 0.25) is 0 Å². The molecule has 0 saturated carbocycles. The van der Waals surface area contributed by atoms with Crippen LogP contribution < -0.4 is 4.90 Å². The van der Waals surface area contributed by atoms with E-state index in [0.717, 1.165) is 74.2 Å². The van der Waals surface area contributed by atoms with E-state index in [1.807, 2.05) is 13.0 Å². The molecule has 6 rings (SSSR count). The van der Waals surface area contributed by atoms with Gasteiger partial charge in [-0.05, 0) is 51.5 Å². The van der Waals surface area contributed by atoms with Crippen molar-refractivity contribution in [2.45, 2.75) is 37.3 Å². The van der Waals surface area contributed by atoms with Crippen LogP contribution in [0.3, 0.4) is 0 Å². The largest absolute Gasteiger partial charge is 0.466 e. The summed E-state index contributed by atoms with van der Waals surface area (Å²) >= 11 is 2.54. The number of benzene rings is 2. The standard InChI is InChI=1S/C36H32N2O11S3/c1-16-13-17(2)24-20(14-16)22-28(35(3,4)38(24)21(39)15-37-29(40)18-11-9-10-12-19(18)30(37)41)50-25(32(43)47-6)23(31(42)46-5)36(22)51-26(33(44)48-7)27(52-36)34(45)49-8/h9-14H,15H2,1-8H3. The van der Waals surface area contributed by atoms with Gasteiger partial charge in [-0.2, -0.15) is 0 Å². The van der Waals surface area contributed by atoms with Gasteiger partial charge in [0.2, 0.25) is 5.91 Å². The number of carbonyl (C=O) groups excluding carboxylic acids is 7. The maximum Gasteiger partial charge on any atom is 0.345 e. The number of amides is 3. The van der Waals surface area contributed by atoms with Crippen LogP contribution in [-0.4, -0.2) is 91.1 Å². The summed E-state index contributed by atoms with van der Waals surface area (Å²) in [5.74, 6) is -5.42. The second-order valence-electron chi connectivity index (χ2n) is 12.5. The Morgan fingerprint density at radius 3 is 1.71 bits per heavy atom. The Morgan fingerprint density at radius 1 is 0.712 bits per heavy atom. The zero-order valence-corrected chi connectivity index (χ0v) is 31.7. The molecule has 0 aliphatic carbocycles. The minimum atomic E-state index is -1.76. The van der Waals surface area contributed by atoms with Gasteiger partial charge in [0, 0.05) is 16.0 Å². The Kier molecular flexibility index (Phi) is 9.47. The molecule has 52 heavy (non-hydrogen) atoms. The van der Waals surface area contributed by atoms with Crippen molar-refractivity contribution in [3.63, 3.8) is 0 Å². The molecule has 4 aliphatic heterocycles. The van der Waals surface area contributed by atoms with Gasteiger partial charge in [-0.1, -0.05) is 59.0 Å². The highest BCUT2D eigenvalue weighted by atomic mass is 32.2. The first-order valence-electron chi connectivity index (χ1n) is 15.6. The number of methoxy groups -OCH3 is 4. The molecule has 270 valence electrons. The van der Waals surface area contributed by atoms with Gasteiger partial charge in [-0.15, -0.1) is 0 Å². The SMILES string of the molecule is COC(=O)C1=C(C(=O)OC)SC2(S1)C(C(=O)OC)=C(C(=O)OC)SC1=C2c2cc(C)cc(C)c2N(C(=O)CN2C(=O)c3ccccc3C2=O)C1(C)C. The third-order valence-electron chi connectivity index (χ3n) is 8.99. The molecule has 0 saturated heterocycles. The Morgan fingerprint density at radius 2 is 1.21 bits per heavy atom. The van der Waals surface area contributed by atoms with Crippen molar-refractivity contribution in [3.05, 3.63) is 89.4 Å². The second kappa shape index (κ2) is 13.3. The highest BCUT2D eigenvalue weighted by Crippen LogP contribution is 2.71. The van der Waals surface area contributed by atoms with Crippen molar-refractivity contribution in [3.8, 4) is 0 Å². The smallest absolute Gasteiger partial charge is 0.345 e. The van der Waals surface area contributed by atoms with Crippen LogP contribution in [0.15, 0.2) is 61.6 Å². The van der Waals surface area contributed by atoms with E-state index < -0.39 is 57.8 Å². The zero-order valence-electron chi connectivity index (χ0n) is 29.3. The van der Waals surface area contributed by atoms with Crippen molar-refractivity contribution in [1.82, 2.24) is 4.90 Å². The average molecular weight is 765 g/mol. The zero-order chi connectivity index (χ0) is 38.0. The maximum atomic E-state index is 14.7. The topological polar surface area (TPSA) is 163 Å². The van der Waals surface area contributed by atoms with Crippen molar-refractivity contribution in [1.29, 1.82) is 0 Å². The Hall–Kier alpha value is -4.80. The quantitative estimate of drug-likeness (QED) is 0.229. The molecule has 3 amide bonds. The Balaban J connectivity index is 1.62. The first-order valence-corrected chi connectivity index (χ1v) is 18.1. The van der Waals surface area contributed by atoms with Crippen LogP contribution in [0.1, 0.15) is 51.3 Å². The normalized spacial score (nSPS) is 18.3. The minimum absolute atomic E-state index is 0.170. The van der Waals surface area contributed by atoms with E-state index in [4.69, 9.17) is 18.9 Å². The number of rotatable bonds is 6. The maximum absolute atomic E-state index is 14.7. The van der Waals surface area contributed by atoms with Gasteiger partial charge in [0.15, 0.2) is 0 Å². The number of thioether (sulfide) groups is 3. The average Bonchev–Trinajstić information content (AvgIpc) is 3.62. The summed E-state index contributed by atoms with van der Waals surface area (Å²) in [6, 6.07) is 9.97. The fourth-order valence-electron chi connectivity index (χ4n) is 6.84. The van der Waals surface area contributed by atoms with Gasteiger partial charge >= 0.3 is 23.9 Å². The molecular weight excluding hydrogens is 733 g/mol. The van der Waals surface area contributed by atoms with Crippen LogP contribution in [0.4, 0.5) is 5.69 Å². The van der Waals surface area contributed by atoms with Crippen molar-refractivity contribution in [2.24, 2.45) is 0 Å². The van der Waals surface area contributed by atoms with E-state index in [0.29, 0.717) is 27.3 Å². The third-order valence-corrected chi connectivity index (χ3v) is 13.6. The molecule has 0 radical (unpaired) electrons. The van der Waals surface area contributed by atoms with E-state index in [2.05, 4.69) is 0 Å². The van der Waals surface area contributed by atoms with Crippen molar-refractivity contribution >= 4 is 88.1 Å². The molecule has 0 aromatic heterocycles. The van der Waals surface area contributed by atoms with Crippen LogP contribution >= 0.6 is 35.3 Å². The molecule has 4 aliphatic rings. The first kappa shape index (κ1) is 37.0. The molecular formula is C36H32N2O11S3. The number of nitrogens with zero attached hydrogens (tertiary/aromatic N) is 2. The van der Waals surface area contributed by atoms with Gasteiger partial charge in [-0.3, -0.25) is 24.2 Å². The highest BCUT2D eigenvalue weighted by Gasteiger charge is 2.62. The van der Waals surface area contributed by atoms with Gasteiger partial charge in [0.25, 0.3) is 11.8 Å². The molecule has 13 nitrogen and oxygen atoms in total. The molecule has 1 spiro atoms. The fourth-order valence-corrected chi connectivity index (χ4v) is 11.9. The van der Waals surface area contributed by atoms with E-state index in [1.54, 1.807) is 39.0 Å². The lowest BCUT2D eigenvalue weighted by Crippen LogP contribution is -2.56. The second-order valence-corrected chi connectivity index (χ2v) is 16.2. The summed E-state index contributed by atoms with van der Waals surface area (Å²) in [5.41, 5.74) is 1.48. The Labute approximate surface area is 311 Å². The lowest BCUT2D eigenvalue weighted by molar-refractivity contribution is -0.138. The number of ether oxygens (including phenoxy) is 4. The number of aryl methyl sites for hydroxylation is 2. The summed E-state index contributed by atoms with van der Waals surface area (Å²) in [6.07, 6.45) is 0. The molecule has 0 N–H and O–H groups in total. The summed E-state index contributed by atoms with van der Waals surface area (Å²) < 4.78 is 18.7. The highest BCUT2D eigenvalue weighted by molar-refractivity contribution is 8.26. The van der Waals surface area contributed by atoms with E-state index >= 15 is 0 Å². The molecule has 0 unspecified atom stereocenters. The molecule has 2 aromatic rings. The number of anilines is 1. The van der Waals surface area contributed by atoms with E-state index in [9.17, 15) is 33.6 Å². The lowest BCUT2D eigenvalue weighted by Gasteiger charge is -2.51.